The fourth-order valence-corrected chi connectivity index (χ4v) is 1.88. The zero-order chi connectivity index (χ0) is 12.1. The highest BCUT2D eigenvalue weighted by Gasteiger charge is 2.12. The predicted molar refractivity (Wildman–Crippen MR) is 64.8 cm³/mol. The van der Waals surface area contributed by atoms with Crippen molar-refractivity contribution in [3.05, 3.63) is 28.2 Å². The van der Waals surface area contributed by atoms with E-state index in [4.69, 9.17) is 0 Å². The van der Waals surface area contributed by atoms with Crippen molar-refractivity contribution in [1.29, 1.82) is 0 Å². The number of alkyl halides is 1. The number of hydrogen-bond donors (Lipinski definition) is 2. The van der Waals surface area contributed by atoms with Gasteiger partial charge in [0.15, 0.2) is 0 Å². The van der Waals surface area contributed by atoms with Gasteiger partial charge in [0.25, 0.3) is 11.5 Å². The van der Waals surface area contributed by atoms with Gasteiger partial charge in [-0.15, -0.1) is 0 Å². The minimum absolute atomic E-state index is 0.0515. The van der Waals surface area contributed by atoms with Crippen LogP contribution in [0.5, 0.6) is 0 Å². The first kappa shape index (κ1) is 12.9. The molecule has 0 aliphatic carbocycles. The highest BCUT2D eigenvalue weighted by Crippen LogP contribution is 2.06. The molecule has 0 bridgehead atoms. The Morgan fingerprint density at radius 1 is 1.56 bits per heavy atom. The van der Waals surface area contributed by atoms with Crippen LogP contribution in [0.2, 0.25) is 0 Å². The zero-order valence-electron chi connectivity index (χ0n) is 9.16. The van der Waals surface area contributed by atoms with E-state index >= 15 is 0 Å². The van der Waals surface area contributed by atoms with Gasteiger partial charge in [0.05, 0.1) is 0 Å². The number of carbonyl (C=O) groups is 1. The van der Waals surface area contributed by atoms with Crippen LogP contribution in [-0.2, 0) is 0 Å². The summed E-state index contributed by atoms with van der Waals surface area (Å²) < 4.78 is 0. The molecule has 2 atom stereocenters. The number of amides is 1. The second-order valence-electron chi connectivity index (χ2n) is 3.70. The van der Waals surface area contributed by atoms with Crippen LogP contribution in [0.3, 0.4) is 0 Å². The van der Waals surface area contributed by atoms with Crippen LogP contribution >= 0.6 is 15.9 Å². The van der Waals surface area contributed by atoms with Gasteiger partial charge in [0.2, 0.25) is 0 Å². The third kappa shape index (κ3) is 4.14. The second-order valence-corrected chi connectivity index (χ2v) is 5.26. The van der Waals surface area contributed by atoms with Gasteiger partial charge in [-0.2, -0.15) is 5.10 Å². The van der Waals surface area contributed by atoms with Crippen LogP contribution in [0.1, 0.15) is 30.8 Å². The van der Waals surface area contributed by atoms with Gasteiger partial charge in [0.1, 0.15) is 5.69 Å². The molecule has 0 saturated heterocycles. The molecule has 2 N–H and O–H groups in total. The van der Waals surface area contributed by atoms with Crippen LogP contribution in [0.25, 0.3) is 0 Å². The Bertz CT molecular complexity index is 396. The number of nitrogens with one attached hydrogen (secondary N) is 2. The lowest BCUT2D eigenvalue weighted by atomic mass is 10.2. The van der Waals surface area contributed by atoms with E-state index < -0.39 is 0 Å². The Kier molecular flexibility index (Phi) is 4.67. The van der Waals surface area contributed by atoms with Gasteiger partial charge in [-0.3, -0.25) is 9.59 Å². The van der Waals surface area contributed by atoms with E-state index in [-0.39, 0.29) is 23.2 Å². The quantitative estimate of drug-likeness (QED) is 0.814. The summed E-state index contributed by atoms with van der Waals surface area (Å²) in [5.41, 5.74) is -0.104. The Balaban J connectivity index is 2.58. The highest BCUT2D eigenvalue weighted by atomic mass is 79.9. The summed E-state index contributed by atoms with van der Waals surface area (Å²) in [6.07, 6.45) is 0.828. The first-order valence-corrected chi connectivity index (χ1v) is 5.91. The van der Waals surface area contributed by atoms with E-state index in [0.29, 0.717) is 4.83 Å². The topological polar surface area (TPSA) is 74.8 Å². The van der Waals surface area contributed by atoms with E-state index in [1.54, 1.807) is 0 Å². The highest BCUT2D eigenvalue weighted by molar-refractivity contribution is 9.09. The molecule has 0 aliphatic rings. The molecule has 88 valence electrons. The molecule has 1 heterocycles. The fourth-order valence-electron chi connectivity index (χ4n) is 1.31. The normalized spacial score (nSPS) is 14.2. The van der Waals surface area contributed by atoms with Crippen LogP contribution in [0, 0.1) is 0 Å². The number of aromatic nitrogens is 2. The van der Waals surface area contributed by atoms with E-state index in [9.17, 15) is 9.59 Å². The van der Waals surface area contributed by atoms with Gasteiger partial charge in [0, 0.05) is 16.9 Å². The minimum atomic E-state index is -0.321. The molecule has 1 rings (SSSR count). The molecule has 0 radical (unpaired) electrons. The molecule has 0 aliphatic heterocycles. The van der Waals surface area contributed by atoms with Crippen molar-refractivity contribution in [2.75, 3.05) is 0 Å². The van der Waals surface area contributed by atoms with Crippen LogP contribution in [-0.4, -0.2) is 27.0 Å². The second kappa shape index (κ2) is 5.79. The van der Waals surface area contributed by atoms with Gasteiger partial charge in [-0.1, -0.05) is 22.9 Å². The third-order valence-electron chi connectivity index (χ3n) is 1.97. The Labute approximate surface area is 102 Å². The number of nitrogens with zero attached hydrogens (tertiary/aromatic N) is 1. The lowest BCUT2D eigenvalue weighted by Gasteiger charge is -2.14. The van der Waals surface area contributed by atoms with E-state index in [1.807, 2.05) is 13.8 Å². The summed E-state index contributed by atoms with van der Waals surface area (Å²) >= 11 is 3.42. The molecule has 0 fully saturated rings. The first-order chi connectivity index (χ1) is 7.49. The summed E-state index contributed by atoms with van der Waals surface area (Å²) in [4.78, 5) is 22.7. The Morgan fingerprint density at radius 3 is 2.75 bits per heavy atom. The van der Waals surface area contributed by atoms with Crippen molar-refractivity contribution >= 4 is 21.8 Å². The van der Waals surface area contributed by atoms with Crippen molar-refractivity contribution in [1.82, 2.24) is 15.5 Å². The molecule has 1 aromatic rings. The molecule has 2 unspecified atom stereocenters. The van der Waals surface area contributed by atoms with Gasteiger partial charge in [-0.05, 0) is 19.4 Å². The third-order valence-corrected chi connectivity index (χ3v) is 2.34. The molecular formula is C10H14BrN3O2. The van der Waals surface area contributed by atoms with E-state index in [0.717, 1.165) is 6.42 Å². The fraction of sp³-hybridized carbons (Fsp3) is 0.500. The minimum Gasteiger partial charge on any atom is -0.348 e. The largest absolute Gasteiger partial charge is 0.348 e. The number of rotatable bonds is 4. The summed E-state index contributed by atoms with van der Waals surface area (Å²) in [5.74, 6) is -0.281. The molecule has 6 heteroatoms. The summed E-state index contributed by atoms with van der Waals surface area (Å²) in [5, 5.41) is 8.66. The maximum Gasteiger partial charge on any atom is 0.271 e. The van der Waals surface area contributed by atoms with Crippen LogP contribution in [0.15, 0.2) is 16.9 Å². The summed E-state index contributed by atoms with van der Waals surface area (Å²) in [7, 11) is 0. The monoisotopic (exact) mass is 287 g/mol. The molecule has 0 spiro atoms. The molecule has 16 heavy (non-hydrogen) atoms. The SMILES string of the molecule is CC(Br)CC(C)NC(=O)c1ccc(=O)[nH]n1. The molecule has 0 saturated carbocycles. The van der Waals surface area contributed by atoms with E-state index in [1.165, 1.54) is 12.1 Å². The van der Waals surface area contributed by atoms with Crippen molar-refractivity contribution in [2.45, 2.75) is 31.1 Å². The Hall–Kier alpha value is -1.17. The lowest BCUT2D eigenvalue weighted by Crippen LogP contribution is -2.34. The van der Waals surface area contributed by atoms with Gasteiger partial charge < -0.3 is 5.32 Å². The van der Waals surface area contributed by atoms with Gasteiger partial charge >= 0.3 is 0 Å². The average Bonchev–Trinajstić information content (AvgIpc) is 2.16. The van der Waals surface area contributed by atoms with Crippen molar-refractivity contribution in [2.24, 2.45) is 0 Å². The van der Waals surface area contributed by atoms with Crippen LogP contribution < -0.4 is 10.9 Å². The van der Waals surface area contributed by atoms with Crippen molar-refractivity contribution < 1.29 is 4.79 Å². The van der Waals surface area contributed by atoms with E-state index in [2.05, 4.69) is 31.4 Å². The summed E-state index contributed by atoms with van der Waals surface area (Å²) in [6, 6.07) is 2.73. The molecule has 5 nitrogen and oxygen atoms in total. The maximum atomic E-state index is 11.6. The average molecular weight is 288 g/mol. The number of H-pyrrole nitrogens is 1. The molecule has 1 amide bonds. The lowest BCUT2D eigenvalue weighted by molar-refractivity contribution is 0.0932. The molecular weight excluding hydrogens is 274 g/mol. The summed E-state index contributed by atoms with van der Waals surface area (Å²) in [6.45, 7) is 3.93. The zero-order valence-corrected chi connectivity index (χ0v) is 10.7. The number of hydrogen-bond acceptors (Lipinski definition) is 3. The van der Waals surface area contributed by atoms with Crippen molar-refractivity contribution in [3.63, 3.8) is 0 Å². The Morgan fingerprint density at radius 2 is 2.25 bits per heavy atom. The number of aromatic amines is 1. The van der Waals surface area contributed by atoms with Crippen LogP contribution in [0.4, 0.5) is 0 Å². The van der Waals surface area contributed by atoms with Gasteiger partial charge in [-0.25, -0.2) is 5.10 Å². The standard InChI is InChI=1S/C10H14BrN3O2/c1-6(11)5-7(2)12-10(16)8-3-4-9(15)14-13-8/h3-4,6-7H,5H2,1-2H3,(H,12,16)(H,14,15). The maximum absolute atomic E-state index is 11.6. The van der Waals surface area contributed by atoms with Crippen molar-refractivity contribution in [3.8, 4) is 0 Å². The molecule has 1 aromatic heterocycles. The first-order valence-electron chi connectivity index (χ1n) is 4.99. The predicted octanol–water partition coefficient (Wildman–Crippen LogP) is 1.06. The molecule has 0 aromatic carbocycles. The smallest absolute Gasteiger partial charge is 0.271 e. The number of carbonyl (C=O) groups excluding carboxylic acids is 1. The number of halogens is 1.